The Bertz CT molecular complexity index is 1240. The molecular weight excluding hydrogens is 410 g/mol. The first-order valence-corrected chi connectivity index (χ1v) is 10.3. The Morgan fingerprint density at radius 1 is 0.938 bits per heavy atom. The lowest BCUT2D eigenvalue weighted by atomic mass is 9.92. The van der Waals surface area contributed by atoms with Crippen LogP contribution in [-0.4, -0.2) is 41.8 Å². The molecule has 0 atom stereocenters. The van der Waals surface area contributed by atoms with Gasteiger partial charge in [-0.2, -0.15) is 0 Å². The lowest BCUT2D eigenvalue weighted by molar-refractivity contribution is -0.138. The van der Waals surface area contributed by atoms with E-state index in [2.05, 4.69) is 13.0 Å². The Hall–Kier alpha value is -4.00. The van der Waals surface area contributed by atoms with Crippen molar-refractivity contribution in [2.45, 2.75) is 13.5 Å². The van der Waals surface area contributed by atoms with Crippen molar-refractivity contribution >= 4 is 12.1 Å². The smallest absolute Gasteiger partial charge is 0.416 e. The van der Waals surface area contributed by atoms with Crippen LogP contribution in [0.5, 0.6) is 17.2 Å². The first kappa shape index (κ1) is 19.9. The van der Waals surface area contributed by atoms with E-state index < -0.39 is 18.6 Å². The summed E-state index contributed by atoms with van der Waals surface area (Å²) < 4.78 is 16.8. The van der Waals surface area contributed by atoms with E-state index in [9.17, 15) is 9.59 Å². The van der Waals surface area contributed by atoms with Crippen molar-refractivity contribution in [3.63, 3.8) is 0 Å². The molecule has 0 aromatic heterocycles. The lowest BCUT2D eigenvalue weighted by Gasteiger charge is -2.27. The van der Waals surface area contributed by atoms with Crippen molar-refractivity contribution < 1.29 is 28.9 Å². The van der Waals surface area contributed by atoms with E-state index in [0.29, 0.717) is 19.0 Å². The average Bonchev–Trinajstić information content (AvgIpc) is 2.79. The molecule has 0 unspecified atom stereocenters. The molecule has 7 heteroatoms. The third kappa shape index (κ3) is 3.62. The maximum Gasteiger partial charge on any atom is 0.416 e. The van der Waals surface area contributed by atoms with Crippen LogP contribution in [0.25, 0.3) is 22.3 Å². The number of carboxylic acid groups (broad SMARTS) is 1. The minimum Gasteiger partial charge on any atom is -0.486 e. The van der Waals surface area contributed by atoms with Gasteiger partial charge in [0.2, 0.25) is 0 Å². The van der Waals surface area contributed by atoms with Gasteiger partial charge in [0.1, 0.15) is 25.5 Å². The standard InChI is InChI=1S/C25H21NO6/c1-15-19(3-2-4-20(15)17-7-8-21-23(12-17)31-10-9-30-21)16-5-6-18-13-26(14-24(27)28)25(29)32-22(18)11-16/h2-8,11-12H,9-10,13-14H2,1H3,(H,27,28). The van der Waals surface area contributed by atoms with E-state index in [4.69, 9.17) is 19.3 Å². The van der Waals surface area contributed by atoms with Gasteiger partial charge in [0, 0.05) is 5.56 Å². The Labute approximate surface area is 184 Å². The third-order valence-corrected chi connectivity index (χ3v) is 5.71. The quantitative estimate of drug-likeness (QED) is 0.655. The number of fused-ring (bicyclic) bond motifs is 2. The maximum atomic E-state index is 12.2. The number of carbonyl (C=O) groups excluding carboxylic acids is 1. The van der Waals surface area contributed by atoms with Gasteiger partial charge < -0.3 is 19.3 Å². The van der Waals surface area contributed by atoms with E-state index in [1.54, 1.807) is 0 Å². The zero-order valence-electron chi connectivity index (χ0n) is 17.5. The van der Waals surface area contributed by atoms with Crippen molar-refractivity contribution in [2.24, 2.45) is 0 Å². The van der Waals surface area contributed by atoms with Crippen LogP contribution in [0.15, 0.2) is 54.6 Å². The number of carbonyl (C=O) groups is 2. The van der Waals surface area contributed by atoms with E-state index in [1.807, 2.05) is 48.5 Å². The van der Waals surface area contributed by atoms with Crippen molar-refractivity contribution in [1.29, 1.82) is 0 Å². The van der Waals surface area contributed by atoms with Gasteiger partial charge in [-0.25, -0.2) is 4.79 Å². The van der Waals surface area contributed by atoms with Gasteiger partial charge in [-0.3, -0.25) is 9.69 Å². The van der Waals surface area contributed by atoms with Crippen molar-refractivity contribution in [3.05, 3.63) is 65.7 Å². The fourth-order valence-corrected chi connectivity index (χ4v) is 4.13. The summed E-state index contributed by atoms with van der Waals surface area (Å²) in [5, 5.41) is 8.98. The van der Waals surface area contributed by atoms with Gasteiger partial charge in [-0.15, -0.1) is 0 Å². The van der Waals surface area contributed by atoms with E-state index in [1.165, 1.54) is 0 Å². The van der Waals surface area contributed by atoms with Crippen LogP contribution in [0, 0.1) is 6.92 Å². The summed E-state index contributed by atoms with van der Waals surface area (Å²) in [7, 11) is 0. The van der Waals surface area contributed by atoms with Crippen LogP contribution in [0.4, 0.5) is 4.79 Å². The molecule has 2 aliphatic heterocycles. The van der Waals surface area contributed by atoms with Gasteiger partial charge in [0.25, 0.3) is 0 Å². The number of ether oxygens (including phenoxy) is 3. The van der Waals surface area contributed by atoms with Crippen molar-refractivity contribution in [3.8, 4) is 39.5 Å². The number of aliphatic carboxylic acids is 1. The molecule has 0 aliphatic carbocycles. The topological polar surface area (TPSA) is 85.3 Å². The predicted octanol–water partition coefficient (Wildman–Crippen LogP) is 4.50. The van der Waals surface area contributed by atoms with E-state index >= 15 is 0 Å². The molecule has 2 heterocycles. The molecule has 2 aliphatic rings. The highest BCUT2D eigenvalue weighted by atomic mass is 16.6. The van der Waals surface area contributed by atoms with Gasteiger partial charge >= 0.3 is 12.1 Å². The Kier molecular flexibility index (Phi) is 4.93. The third-order valence-electron chi connectivity index (χ3n) is 5.71. The molecule has 0 spiro atoms. The first-order valence-electron chi connectivity index (χ1n) is 10.3. The molecule has 32 heavy (non-hydrogen) atoms. The maximum absolute atomic E-state index is 12.2. The summed E-state index contributed by atoms with van der Waals surface area (Å²) >= 11 is 0. The summed E-state index contributed by atoms with van der Waals surface area (Å²) in [5.74, 6) is 0.874. The van der Waals surface area contributed by atoms with Crippen LogP contribution in [-0.2, 0) is 11.3 Å². The second-order valence-electron chi connectivity index (χ2n) is 7.78. The highest BCUT2D eigenvalue weighted by Gasteiger charge is 2.27. The first-order chi connectivity index (χ1) is 15.5. The zero-order valence-corrected chi connectivity index (χ0v) is 17.5. The molecular formula is C25H21NO6. The van der Waals surface area contributed by atoms with Gasteiger partial charge in [0.15, 0.2) is 11.5 Å². The molecule has 3 aromatic rings. The van der Waals surface area contributed by atoms with Crippen LogP contribution >= 0.6 is 0 Å². The number of carboxylic acids is 1. The van der Waals surface area contributed by atoms with Gasteiger partial charge in [0.05, 0.1) is 6.54 Å². The fourth-order valence-electron chi connectivity index (χ4n) is 4.13. The minimum atomic E-state index is -1.08. The fraction of sp³-hybridized carbons (Fsp3) is 0.200. The number of rotatable bonds is 4. The monoisotopic (exact) mass is 431 g/mol. The van der Waals surface area contributed by atoms with E-state index in [-0.39, 0.29) is 6.54 Å². The molecule has 1 amide bonds. The van der Waals surface area contributed by atoms with E-state index in [0.717, 1.165) is 49.8 Å². The molecule has 0 saturated heterocycles. The Morgan fingerprint density at radius 2 is 1.59 bits per heavy atom. The summed E-state index contributed by atoms with van der Waals surface area (Å²) in [4.78, 5) is 24.3. The molecule has 7 nitrogen and oxygen atoms in total. The van der Waals surface area contributed by atoms with Crippen LogP contribution < -0.4 is 14.2 Å². The Balaban J connectivity index is 1.49. The number of nitrogens with zero attached hydrogens (tertiary/aromatic N) is 1. The molecule has 5 rings (SSSR count). The normalized spacial score (nSPS) is 14.5. The molecule has 0 fully saturated rings. The van der Waals surface area contributed by atoms with Crippen molar-refractivity contribution in [2.75, 3.05) is 19.8 Å². The number of amides is 1. The van der Waals surface area contributed by atoms with Crippen molar-refractivity contribution in [1.82, 2.24) is 4.90 Å². The summed E-state index contributed by atoms with van der Waals surface area (Å²) in [6, 6.07) is 17.7. The average molecular weight is 431 g/mol. The van der Waals surface area contributed by atoms with Crippen LogP contribution in [0.1, 0.15) is 11.1 Å². The summed E-state index contributed by atoms with van der Waals surface area (Å²) in [6.45, 7) is 2.96. The number of hydrogen-bond acceptors (Lipinski definition) is 5. The SMILES string of the molecule is Cc1c(-c2ccc3c(c2)OC(=O)N(CC(=O)O)C3)cccc1-c1ccc2c(c1)OCCO2. The lowest BCUT2D eigenvalue weighted by Crippen LogP contribution is -2.40. The van der Waals surface area contributed by atoms with Gasteiger partial charge in [-0.05, 0) is 52.9 Å². The number of hydrogen-bond donors (Lipinski definition) is 1. The highest BCUT2D eigenvalue weighted by molar-refractivity contribution is 5.82. The highest BCUT2D eigenvalue weighted by Crippen LogP contribution is 2.39. The minimum absolute atomic E-state index is 0.205. The molecule has 3 aromatic carbocycles. The van der Waals surface area contributed by atoms with Crippen LogP contribution in [0.2, 0.25) is 0 Å². The largest absolute Gasteiger partial charge is 0.486 e. The predicted molar refractivity (Wildman–Crippen MR) is 117 cm³/mol. The molecule has 0 bridgehead atoms. The molecule has 162 valence electrons. The summed E-state index contributed by atoms with van der Waals surface area (Å²) in [6.07, 6.45) is -0.654. The zero-order chi connectivity index (χ0) is 22.2. The molecule has 1 N–H and O–H groups in total. The summed E-state index contributed by atoms with van der Waals surface area (Å²) in [5.41, 5.74) is 5.89. The number of benzene rings is 3. The second-order valence-corrected chi connectivity index (χ2v) is 7.78. The van der Waals surface area contributed by atoms with Gasteiger partial charge in [-0.1, -0.05) is 36.4 Å². The second kappa shape index (κ2) is 7.92. The van der Waals surface area contributed by atoms with Crippen LogP contribution in [0.3, 0.4) is 0 Å². The molecule has 0 saturated carbocycles. The molecule has 0 radical (unpaired) electrons. The Morgan fingerprint density at radius 3 is 2.31 bits per heavy atom.